The first-order valence-corrected chi connectivity index (χ1v) is 9.99. The van der Waals surface area contributed by atoms with Gasteiger partial charge in [0.15, 0.2) is 5.58 Å². The molecule has 0 atom stereocenters. The van der Waals surface area contributed by atoms with Crippen molar-refractivity contribution < 1.29 is 18.1 Å². The average Bonchev–Trinajstić information content (AvgIpc) is 3.35. The summed E-state index contributed by atoms with van der Waals surface area (Å²) in [6.45, 7) is 7.76. The predicted octanol–water partition coefficient (Wildman–Crippen LogP) is 5.19. The van der Waals surface area contributed by atoms with Gasteiger partial charge in [-0.1, -0.05) is 38.1 Å². The molecule has 0 aliphatic carbocycles. The van der Waals surface area contributed by atoms with Gasteiger partial charge in [0.2, 0.25) is 23.5 Å². The number of hydrogen-bond acceptors (Lipinski definition) is 6. The van der Waals surface area contributed by atoms with Gasteiger partial charge in [-0.05, 0) is 36.8 Å². The molecule has 4 aromatic rings. The number of anilines is 1. The van der Waals surface area contributed by atoms with Crippen molar-refractivity contribution in [3.63, 3.8) is 0 Å². The van der Waals surface area contributed by atoms with Crippen molar-refractivity contribution in [1.29, 1.82) is 0 Å². The van der Waals surface area contributed by atoms with E-state index in [1.165, 1.54) is 6.07 Å². The van der Waals surface area contributed by atoms with E-state index in [0.717, 1.165) is 0 Å². The van der Waals surface area contributed by atoms with Crippen LogP contribution in [-0.4, -0.2) is 21.0 Å². The van der Waals surface area contributed by atoms with Gasteiger partial charge in [0.25, 0.3) is 0 Å². The first kappa shape index (κ1) is 20.7. The number of fused-ring (bicyclic) bond motifs is 1. The number of rotatable bonds is 5. The summed E-state index contributed by atoms with van der Waals surface area (Å²) >= 11 is 0. The van der Waals surface area contributed by atoms with Gasteiger partial charge >= 0.3 is 0 Å². The van der Waals surface area contributed by atoms with Crippen LogP contribution in [0, 0.1) is 12.7 Å². The van der Waals surface area contributed by atoms with Crippen molar-refractivity contribution in [2.24, 2.45) is 0 Å². The molecule has 1 N–H and O–H groups in total. The molecule has 0 aliphatic rings. The highest BCUT2D eigenvalue weighted by Crippen LogP contribution is 2.27. The Labute approximate surface area is 178 Å². The fourth-order valence-electron chi connectivity index (χ4n) is 2.98. The van der Waals surface area contributed by atoms with Crippen LogP contribution in [0.4, 0.5) is 10.1 Å². The van der Waals surface area contributed by atoms with Crippen LogP contribution in [0.3, 0.4) is 0 Å². The minimum Gasteiger partial charge on any atom is -0.440 e. The zero-order chi connectivity index (χ0) is 22.2. The van der Waals surface area contributed by atoms with E-state index in [1.807, 2.05) is 20.8 Å². The molecular weight excluding hydrogens is 399 g/mol. The minimum atomic E-state index is -0.332. The Morgan fingerprint density at radius 1 is 1.13 bits per heavy atom. The molecule has 1 amide bonds. The number of oxazole rings is 1. The van der Waals surface area contributed by atoms with Crippen molar-refractivity contribution in [2.45, 2.75) is 46.0 Å². The van der Waals surface area contributed by atoms with Crippen LogP contribution in [0.5, 0.6) is 0 Å². The van der Waals surface area contributed by atoms with Crippen LogP contribution in [0.15, 0.2) is 45.3 Å². The topological polar surface area (TPSA) is 94.1 Å². The van der Waals surface area contributed by atoms with Crippen molar-refractivity contribution in [3.05, 3.63) is 59.6 Å². The van der Waals surface area contributed by atoms with Gasteiger partial charge in [-0.2, -0.15) is 4.98 Å². The number of carbonyl (C=O) groups excluding carboxylic acids is 1. The summed E-state index contributed by atoms with van der Waals surface area (Å²) in [5.74, 6) is 0.724. The molecular formula is C23H23FN4O3. The van der Waals surface area contributed by atoms with E-state index in [2.05, 4.69) is 20.4 Å². The van der Waals surface area contributed by atoms with Gasteiger partial charge in [0, 0.05) is 29.5 Å². The van der Waals surface area contributed by atoms with E-state index in [-0.39, 0.29) is 30.0 Å². The highest BCUT2D eigenvalue weighted by atomic mass is 19.1. The van der Waals surface area contributed by atoms with E-state index in [1.54, 1.807) is 37.3 Å². The van der Waals surface area contributed by atoms with Crippen molar-refractivity contribution in [3.8, 4) is 11.4 Å². The van der Waals surface area contributed by atoms with E-state index >= 15 is 0 Å². The molecule has 0 unspecified atom stereocenters. The fraction of sp³-hybridized carbons (Fsp3) is 0.304. The lowest BCUT2D eigenvalue weighted by Gasteiger charge is -2.11. The Hall–Kier alpha value is -3.55. The Balaban J connectivity index is 1.38. The molecule has 0 spiro atoms. The summed E-state index contributed by atoms with van der Waals surface area (Å²) in [6, 6.07) is 10.1. The van der Waals surface area contributed by atoms with Crippen LogP contribution >= 0.6 is 0 Å². The highest BCUT2D eigenvalue weighted by Gasteiger charge is 2.21. The molecule has 4 rings (SSSR count). The monoisotopic (exact) mass is 422 g/mol. The maximum atomic E-state index is 13.7. The Morgan fingerprint density at radius 3 is 2.68 bits per heavy atom. The number of carbonyl (C=O) groups is 1. The maximum absolute atomic E-state index is 13.7. The largest absolute Gasteiger partial charge is 0.440 e. The molecule has 2 heterocycles. The summed E-state index contributed by atoms with van der Waals surface area (Å²) in [7, 11) is 0. The standard InChI is InChI=1S/C23H23FN4O3/c1-13-5-6-14(11-16(13)24)21-27-20(31-28-21)10-9-19(29)25-15-7-8-18-17(12-15)26-22(30-18)23(2,3)4/h5-8,11-12H,9-10H2,1-4H3,(H,25,29). The normalized spacial score (nSPS) is 11.8. The molecule has 0 saturated heterocycles. The smallest absolute Gasteiger partial charge is 0.227 e. The van der Waals surface area contributed by atoms with Crippen LogP contribution in [-0.2, 0) is 16.6 Å². The lowest BCUT2D eigenvalue weighted by atomic mass is 9.97. The lowest BCUT2D eigenvalue weighted by Crippen LogP contribution is -2.12. The predicted molar refractivity (Wildman–Crippen MR) is 114 cm³/mol. The molecule has 0 saturated carbocycles. The summed E-state index contributed by atoms with van der Waals surface area (Å²) in [5.41, 5.74) is 2.87. The second kappa shape index (κ2) is 7.94. The molecule has 0 fully saturated rings. The molecule has 2 aromatic carbocycles. The molecule has 2 aromatic heterocycles. The third-order valence-corrected chi connectivity index (χ3v) is 4.78. The number of nitrogens with one attached hydrogen (secondary N) is 1. The highest BCUT2D eigenvalue weighted by molar-refractivity contribution is 5.92. The molecule has 31 heavy (non-hydrogen) atoms. The Bertz CT molecular complexity index is 1250. The maximum Gasteiger partial charge on any atom is 0.227 e. The number of nitrogens with zero attached hydrogens (tertiary/aromatic N) is 3. The van der Waals surface area contributed by atoms with Crippen molar-refractivity contribution in [1.82, 2.24) is 15.1 Å². The molecule has 0 aliphatic heterocycles. The summed E-state index contributed by atoms with van der Waals surface area (Å²) < 4.78 is 24.7. The number of benzene rings is 2. The zero-order valence-electron chi connectivity index (χ0n) is 17.8. The number of hydrogen-bond donors (Lipinski definition) is 1. The van der Waals surface area contributed by atoms with E-state index in [0.29, 0.717) is 45.5 Å². The van der Waals surface area contributed by atoms with Gasteiger partial charge < -0.3 is 14.3 Å². The van der Waals surface area contributed by atoms with Crippen molar-refractivity contribution >= 4 is 22.7 Å². The first-order valence-electron chi connectivity index (χ1n) is 9.99. The van der Waals surface area contributed by atoms with E-state index < -0.39 is 0 Å². The SMILES string of the molecule is Cc1ccc(-c2noc(CCC(=O)Nc3ccc4oc(C(C)(C)C)nc4c3)n2)cc1F. The van der Waals surface area contributed by atoms with Crippen LogP contribution in [0.2, 0.25) is 0 Å². The zero-order valence-corrected chi connectivity index (χ0v) is 17.8. The summed E-state index contributed by atoms with van der Waals surface area (Å²) in [5, 5.41) is 6.72. The van der Waals surface area contributed by atoms with Gasteiger partial charge in [0.1, 0.15) is 11.3 Å². The van der Waals surface area contributed by atoms with Gasteiger partial charge in [-0.25, -0.2) is 9.37 Å². The molecule has 8 heteroatoms. The van der Waals surface area contributed by atoms with E-state index in [4.69, 9.17) is 8.94 Å². The lowest BCUT2D eigenvalue weighted by molar-refractivity contribution is -0.116. The molecule has 7 nitrogen and oxygen atoms in total. The Kier molecular flexibility index (Phi) is 5.31. The van der Waals surface area contributed by atoms with Crippen LogP contribution < -0.4 is 5.32 Å². The van der Waals surface area contributed by atoms with Crippen LogP contribution in [0.1, 0.15) is 44.5 Å². The second-order valence-electron chi connectivity index (χ2n) is 8.48. The van der Waals surface area contributed by atoms with Crippen molar-refractivity contribution in [2.75, 3.05) is 5.32 Å². The minimum absolute atomic E-state index is 0.161. The summed E-state index contributed by atoms with van der Waals surface area (Å²) in [4.78, 5) is 21.1. The van der Waals surface area contributed by atoms with Gasteiger partial charge in [-0.3, -0.25) is 4.79 Å². The first-order chi connectivity index (χ1) is 14.7. The third-order valence-electron chi connectivity index (χ3n) is 4.78. The Morgan fingerprint density at radius 2 is 1.94 bits per heavy atom. The number of aryl methyl sites for hydroxylation is 2. The number of aromatic nitrogens is 3. The average molecular weight is 422 g/mol. The van der Waals surface area contributed by atoms with Gasteiger partial charge in [-0.15, -0.1) is 0 Å². The number of amides is 1. The fourth-order valence-corrected chi connectivity index (χ4v) is 2.98. The second-order valence-corrected chi connectivity index (χ2v) is 8.48. The molecule has 160 valence electrons. The molecule has 0 radical (unpaired) electrons. The third kappa shape index (κ3) is 4.63. The summed E-state index contributed by atoms with van der Waals surface area (Å²) in [6.07, 6.45) is 0.432. The quantitative estimate of drug-likeness (QED) is 0.475. The molecule has 0 bridgehead atoms. The number of halogens is 1. The van der Waals surface area contributed by atoms with E-state index in [9.17, 15) is 9.18 Å². The van der Waals surface area contributed by atoms with Crippen LogP contribution in [0.25, 0.3) is 22.5 Å². The van der Waals surface area contributed by atoms with Gasteiger partial charge in [0.05, 0.1) is 0 Å².